The molecule has 1 fully saturated rings. The van der Waals surface area contributed by atoms with E-state index in [1.54, 1.807) is 0 Å². The van der Waals surface area contributed by atoms with Gasteiger partial charge in [0.05, 0.1) is 6.04 Å². The summed E-state index contributed by atoms with van der Waals surface area (Å²) in [6.07, 6.45) is 4.93. The van der Waals surface area contributed by atoms with Gasteiger partial charge in [0.1, 0.15) is 0 Å². The second-order valence-electron chi connectivity index (χ2n) is 8.76. The first-order valence-electron chi connectivity index (χ1n) is 9.97. The molecule has 1 saturated heterocycles. The van der Waals surface area contributed by atoms with Crippen LogP contribution in [-0.2, 0) is 6.42 Å². The normalized spacial score (nSPS) is 19.2. The van der Waals surface area contributed by atoms with Crippen molar-refractivity contribution in [3.05, 3.63) is 29.3 Å². The molecule has 26 heavy (non-hydrogen) atoms. The van der Waals surface area contributed by atoms with E-state index in [-0.39, 0.29) is 17.6 Å². The molecule has 5 heteroatoms. The molecule has 1 aromatic rings. The van der Waals surface area contributed by atoms with Crippen molar-refractivity contribution in [1.82, 2.24) is 15.5 Å². The molecule has 2 heterocycles. The monoisotopic (exact) mass is 358 g/mol. The molecule has 5 nitrogen and oxygen atoms in total. The number of hydrogen-bond acceptors (Lipinski definition) is 3. The average molecular weight is 359 g/mol. The molecule has 0 radical (unpaired) electrons. The molecule has 0 aliphatic carbocycles. The molecule has 0 spiro atoms. The van der Waals surface area contributed by atoms with Crippen LogP contribution in [0.4, 0.5) is 10.5 Å². The zero-order chi connectivity index (χ0) is 18.7. The molecular weight excluding hydrogens is 324 g/mol. The summed E-state index contributed by atoms with van der Waals surface area (Å²) in [6.45, 7) is 9.99. The van der Waals surface area contributed by atoms with Crippen LogP contribution >= 0.6 is 0 Å². The lowest BCUT2D eigenvalue weighted by atomic mass is 9.98. The predicted molar refractivity (Wildman–Crippen MR) is 108 cm³/mol. The van der Waals surface area contributed by atoms with Crippen molar-refractivity contribution >= 4 is 11.7 Å². The highest BCUT2D eigenvalue weighted by Crippen LogP contribution is 2.32. The highest BCUT2D eigenvalue weighted by molar-refractivity contribution is 5.74. The summed E-state index contributed by atoms with van der Waals surface area (Å²) in [5.41, 5.74) is 3.90. The third-order valence-corrected chi connectivity index (χ3v) is 5.39. The van der Waals surface area contributed by atoms with Crippen LogP contribution < -0.4 is 15.5 Å². The summed E-state index contributed by atoms with van der Waals surface area (Å²) in [6, 6.07) is 7.03. The number of piperidine rings is 1. The summed E-state index contributed by atoms with van der Waals surface area (Å²) >= 11 is 0. The number of likely N-dealkylation sites (tertiary alicyclic amines) is 1. The number of nitrogens with one attached hydrogen (secondary N) is 2. The van der Waals surface area contributed by atoms with Gasteiger partial charge in [0.25, 0.3) is 0 Å². The molecule has 144 valence electrons. The molecule has 3 rings (SSSR count). The van der Waals surface area contributed by atoms with Crippen LogP contribution in [0, 0.1) is 0 Å². The minimum atomic E-state index is -0.219. The Labute approximate surface area is 158 Å². The van der Waals surface area contributed by atoms with Crippen LogP contribution in [-0.4, -0.2) is 49.7 Å². The molecule has 2 aliphatic heterocycles. The molecule has 2 amide bonds. The number of urea groups is 1. The van der Waals surface area contributed by atoms with Gasteiger partial charge in [-0.25, -0.2) is 4.79 Å². The van der Waals surface area contributed by atoms with Crippen molar-refractivity contribution in [2.75, 3.05) is 38.1 Å². The molecular formula is C21H34N4O. The van der Waals surface area contributed by atoms with E-state index in [2.05, 4.69) is 45.7 Å². The van der Waals surface area contributed by atoms with E-state index in [0.29, 0.717) is 6.54 Å². The lowest BCUT2D eigenvalue weighted by Gasteiger charge is -2.35. The number of anilines is 1. The maximum atomic E-state index is 12.3. The van der Waals surface area contributed by atoms with Gasteiger partial charge in [-0.15, -0.1) is 0 Å². The van der Waals surface area contributed by atoms with Gasteiger partial charge in [0.15, 0.2) is 0 Å². The second-order valence-corrected chi connectivity index (χ2v) is 8.76. The number of carbonyl (C=O) groups is 1. The Hall–Kier alpha value is -1.75. The molecule has 1 unspecified atom stereocenters. The fraction of sp³-hybridized carbons (Fsp3) is 0.667. The van der Waals surface area contributed by atoms with Crippen molar-refractivity contribution in [3.8, 4) is 0 Å². The minimum Gasteiger partial charge on any atom is -0.374 e. The average Bonchev–Trinajstić information content (AvgIpc) is 2.95. The zero-order valence-electron chi connectivity index (χ0n) is 16.8. The first-order valence-corrected chi connectivity index (χ1v) is 9.97. The van der Waals surface area contributed by atoms with Crippen molar-refractivity contribution in [2.24, 2.45) is 0 Å². The third-order valence-electron chi connectivity index (χ3n) is 5.39. The number of nitrogens with zero attached hydrogens (tertiary/aromatic N) is 2. The lowest BCUT2D eigenvalue weighted by Crippen LogP contribution is -2.49. The Morgan fingerprint density at radius 1 is 1.15 bits per heavy atom. The molecule has 2 aliphatic rings. The molecule has 0 bridgehead atoms. The van der Waals surface area contributed by atoms with Crippen LogP contribution in [0.2, 0.25) is 0 Å². The Bertz CT molecular complexity index is 631. The Kier molecular flexibility index (Phi) is 5.76. The number of benzene rings is 1. The fourth-order valence-corrected chi connectivity index (χ4v) is 4.06. The zero-order valence-corrected chi connectivity index (χ0v) is 16.8. The number of fused-ring (bicyclic) bond motifs is 1. The van der Waals surface area contributed by atoms with Crippen molar-refractivity contribution in [2.45, 2.75) is 58.0 Å². The van der Waals surface area contributed by atoms with Crippen molar-refractivity contribution < 1.29 is 4.79 Å². The summed E-state index contributed by atoms with van der Waals surface area (Å²) in [5, 5.41) is 6.11. The van der Waals surface area contributed by atoms with Crippen molar-refractivity contribution in [3.63, 3.8) is 0 Å². The van der Waals surface area contributed by atoms with Gasteiger partial charge in [-0.05, 0) is 70.3 Å². The van der Waals surface area contributed by atoms with Gasteiger partial charge in [-0.1, -0.05) is 18.6 Å². The van der Waals surface area contributed by atoms with Gasteiger partial charge in [-0.3, -0.25) is 4.90 Å². The van der Waals surface area contributed by atoms with E-state index in [1.165, 1.54) is 36.1 Å². The molecule has 1 atom stereocenters. The van der Waals surface area contributed by atoms with E-state index in [1.807, 2.05) is 20.8 Å². The summed E-state index contributed by atoms with van der Waals surface area (Å²) in [4.78, 5) is 17.1. The number of carbonyl (C=O) groups excluding carboxylic acids is 1. The Morgan fingerprint density at radius 2 is 1.88 bits per heavy atom. The number of rotatable bonds is 4. The van der Waals surface area contributed by atoms with Gasteiger partial charge in [0.2, 0.25) is 0 Å². The smallest absolute Gasteiger partial charge is 0.315 e. The van der Waals surface area contributed by atoms with Crippen LogP contribution in [0.1, 0.15) is 57.2 Å². The highest BCUT2D eigenvalue weighted by atomic mass is 16.2. The van der Waals surface area contributed by atoms with Gasteiger partial charge < -0.3 is 15.5 Å². The lowest BCUT2D eigenvalue weighted by molar-refractivity contribution is 0.159. The second kappa shape index (κ2) is 7.87. The fourth-order valence-electron chi connectivity index (χ4n) is 4.06. The first kappa shape index (κ1) is 19.0. The maximum Gasteiger partial charge on any atom is 0.315 e. The van der Waals surface area contributed by atoms with Gasteiger partial charge in [-0.2, -0.15) is 0 Å². The number of likely N-dealkylation sites (N-methyl/N-ethyl adjacent to an activating group) is 1. The minimum absolute atomic E-state index is 0.0830. The van der Waals surface area contributed by atoms with Crippen LogP contribution in [0.15, 0.2) is 18.2 Å². The highest BCUT2D eigenvalue weighted by Gasteiger charge is 2.25. The number of amides is 2. The molecule has 0 aromatic heterocycles. The van der Waals surface area contributed by atoms with E-state index < -0.39 is 0 Å². The third kappa shape index (κ3) is 4.70. The van der Waals surface area contributed by atoms with Gasteiger partial charge in [0, 0.05) is 31.4 Å². The Balaban J connectivity index is 1.74. The predicted octanol–water partition coefficient (Wildman–Crippen LogP) is 3.30. The molecule has 1 aromatic carbocycles. The molecule has 2 N–H and O–H groups in total. The summed E-state index contributed by atoms with van der Waals surface area (Å²) in [7, 11) is 2.16. The first-order chi connectivity index (χ1) is 12.3. The standard InChI is InChI=1S/C21H34N4O/c1-21(2,3)23-20(26)22-15-19(25-11-6-5-7-12-25)16-8-9-18-17(14-16)10-13-24(18)4/h8-9,14,19H,5-7,10-13,15H2,1-4H3,(H2,22,23,26). The van der Waals surface area contributed by atoms with E-state index in [0.717, 1.165) is 26.1 Å². The van der Waals surface area contributed by atoms with E-state index >= 15 is 0 Å². The maximum absolute atomic E-state index is 12.3. The largest absolute Gasteiger partial charge is 0.374 e. The summed E-state index contributed by atoms with van der Waals surface area (Å²) in [5.74, 6) is 0. The topological polar surface area (TPSA) is 47.6 Å². The van der Waals surface area contributed by atoms with E-state index in [9.17, 15) is 4.79 Å². The van der Waals surface area contributed by atoms with Crippen LogP contribution in [0.5, 0.6) is 0 Å². The number of hydrogen-bond donors (Lipinski definition) is 2. The van der Waals surface area contributed by atoms with Crippen LogP contribution in [0.25, 0.3) is 0 Å². The van der Waals surface area contributed by atoms with Crippen molar-refractivity contribution in [1.29, 1.82) is 0 Å². The van der Waals surface area contributed by atoms with Gasteiger partial charge >= 0.3 is 6.03 Å². The Morgan fingerprint density at radius 3 is 2.58 bits per heavy atom. The van der Waals surface area contributed by atoms with E-state index in [4.69, 9.17) is 0 Å². The quantitative estimate of drug-likeness (QED) is 0.868. The molecule has 0 saturated carbocycles. The SMILES string of the molecule is CN1CCc2cc(C(CNC(=O)NC(C)(C)C)N3CCCCC3)ccc21. The summed E-state index contributed by atoms with van der Waals surface area (Å²) < 4.78 is 0. The van der Waals surface area contributed by atoms with Crippen LogP contribution in [0.3, 0.4) is 0 Å².